The van der Waals surface area contributed by atoms with Crippen LogP contribution < -0.4 is 0 Å². The van der Waals surface area contributed by atoms with Gasteiger partial charge in [-0.15, -0.1) is 0 Å². The molecule has 0 radical (unpaired) electrons. The average Bonchev–Trinajstić information content (AvgIpc) is 2.45. The summed E-state index contributed by atoms with van der Waals surface area (Å²) in [5.41, 5.74) is 0. The molecule has 0 aliphatic heterocycles. The maximum atomic E-state index is 8.88. The minimum atomic E-state index is -4.64. The Labute approximate surface area is 159 Å². The molecule has 13 heteroatoms. The summed E-state index contributed by atoms with van der Waals surface area (Å²) in [5.74, 6) is 0.910. The second-order valence-corrected chi connectivity index (χ2v) is 8.30. The molecule has 0 bridgehead atoms. The van der Waals surface area contributed by atoms with Gasteiger partial charge in [0.25, 0.3) is 0 Å². The van der Waals surface area contributed by atoms with E-state index in [2.05, 4.69) is 11.3 Å². The molecule has 0 saturated carbocycles. The van der Waals surface area contributed by atoms with Gasteiger partial charge in [-0.25, -0.2) is 14.4 Å². The molecule has 0 aromatic carbocycles. The first kappa shape index (κ1) is 31.2. The van der Waals surface area contributed by atoms with Crippen molar-refractivity contribution in [3.05, 3.63) is 0 Å². The van der Waals surface area contributed by atoms with Crippen LogP contribution in [-0.2, 0) is 13.5 Å². The minimum Gasteiger partial charge on any atom is -0.303 e. The fourth-order valence-corrected chi connectivity index (χ4v) is 2.26. The van der Waals surface area contributed by atoms with E-state index in [0.29, 0.717) is 0 Å². The van der Waals surface area contributed by atoms with Crippen LogP contribution >= 0.6 is 27.7 Å². The zero-order valence-corrected chi connectivity index (χ0v) is 17.7. The lowest BCUT2D eigenvalue weighted by molar-refractivity contribution is -0.116. The third-order valence-electron chi connectivity index (χ3n) is 2.88. The quantitative estimate of drug-likeness (QED) is 0.0724. The molecule has 26 heavy (non-hydrogen) atoms. The van der Waals surface area contributed by atoms with Crippen molar-refractivity contribution in [2.45, 2.75) is 77.6 Å². The molecule has 0 rings (SSSR count). The predicted octanol–water partition coefficient (Wildman–Crippen LogP) is 3.58. The lowest BCUT2D eigenvalue weighted by Gasteiger charge is -2.01. The summed E-state index contributed by atoms with van der Waals surface area (Å²) < 4.78 is 21.7. The van der Waals surface area contributed by atoms with Crippen LogP contribution in [-0.4, -0.2) is 40.4 Å². The zero-order chi connectivity index (χ0) is 20.9. The highest BCUT2D eigenvalue weighted by molar-refractivity contribution is 7.94. The van der Waals surface area contributed by atoms with E-state index in [9.17, 15) is 0 Å². The van der Waals surface area contributed by atoms with Crippen LogP contribution in [0.5, 0.6) is 0 Å². The van der Waals surface area contributed by atoms with Gasteiger partial charge in [0, 0.05) is 17.8 Å². The summed E-state index contributed by atoms with van der Waals surface area (Å²) in [6, 6.07) is 0. The number of unbranched alkanes of at least 4 members (excludes halogenated alkanes) is 10. The molecule has 0 aromatic heterocycles. The second kappa shape index (κ2) is 21.8. The van der Waals surface area contributed by atoms with Gasteiger partial charge in [0.05, 0.1) is 0 Å². The lowest BCUT2D eigenvalue weighted by Crippen LogP contribution is -1.84. The third kappa shape index (κ3) is 74.3. The van der Waals surface area contributed by atoms with Crippen molar-refractivity contribution in [3.8, 4) is 0 Å². The molecule has 0 saturated heterocycles. The first-order chi connectivity index (χ1) is 11.9. The highest BCUT2D eigenvalue weighted by Gasteiger charge is 2.00. The van der Waals surface area contributed by atoms with E-state index in [1.807, 2.05) is 0 Å². The van der Waals surface area contributed by atoms with Crippen molar-refractivity contribution in [1.29, 1.82) is 0 Å². The Kier molecular flexibility index (Phi) is 26.1. The van der Waals surface area contributed by atoms with E-state index in [0.717, 1.165) is 24.2 Å². The molecule has 0 unspecified atom stereocenters. The number of rotatable bonds is 13. The van der Waals surface area contributed by atoms with Crippen molar-refractivity contribution in [2.75, 3.05) is 5.75 Å². The molecule has 7 N–H and O–H groups in total. The summed E-state index contributed by atoms with van der Waals surface area (Å²) in [5, 5.41) is 8.09. The highest BCUT2D eigenvalue weighted by atomic mass is 32.2. The Morgan fingerprint density at radius 1 is 0.654 bits per heavy atom. The van der Waals surface area contributed by atoms with Crippen molar-refractivity contribution < 1.29 is 48.1 Å². The van der Waals surface area contributed by atoms with Crippen molar-refractivity contribution >= 4 is 27.7 Å². The number of hydrogen-bond acceptors (Lipinski definition) is 5. The molecule has 0 amide bonds. The van der Waals surface area contributed by atoms with Gasteiger partial charge in [0.1, 0.15) is 0 Å². The largest absolute Gasteiger partial charge is 0.466 e. The zero-order valence-electron chi connectivity index (χ0n) is 15.1. The molecule has 0 heterocycles. The van der Waals surface area contributed by atoms with Crippen LogP contribution in [0.1, 0.15) is 77.6 Å². The molecule has 0 fully saturated rings. The topological polar surface area (TPSA) is 185 Å². The van der Waals surface area contributed by atoms with Crippen molar-refractivity contribution in [3.63, 3.8) is 0 Å². The van der Waals surface area contributed by atoms with Crippen molar-refractivity contribution in [2.24, 2.45) is 0 Å². The third-order valence-corrected chi connectivity index (χ3v) is 3.44. The van der Waals surface area contributed by atoms with Crippen LogP contribution in [0.15, 0.2) is 0 Å². The Balaban J connectivity index is -0.000000433. The van der Waals surface area contributed by atoms with Gasteiger partial charge >= 0.3 is 15.6 Å². The van der Waals surface area contributed by atoms with Crippen LogP contribution in [0.25, 0.3) is 0 Å². The summed E-state index contributed by atoms with van der Waals surface area (Å²) in [6.07, 6.45) is 15.0. The first-order valence-electron chi connectivity index (χ1n) is 8.41. The normalized spacial score (nSPS) is 11.2. The van der Waals surface area contributed by atoms with E-state index >= 15 is 0 Å². The van der Waals surface area contributed by atoms with Gasteiger partial charge in [0.2, 0.25) is 0 Å². The monoisotopic (exact) mass is 444 g/mol. The average molecular weight is 444 g/mol. The fraction of sp³-hybridized carbons (Fsp3) is 1.00. The molecule has 162 valence electrons. The van der Waals surface area contributed by atoms with Crippen LogP contribution in [0.3, 0.4) is 0 Å². The summed E-state index contributed by atoms with van der Waals surface area (Å²) in [6.45, 7) is 2.26. The van der Waals surface area contributed by atoms with E-state index in [-0.39, 0.29) is 0 Å². The van der Waals surface area contributed by atoms with E-state index in [1.54, 1.807) is 0 Å². The Morgan fingerprint density at radius 2 is 0.923 bits per heavy atom. The van der Waals surface area contributed by atoms with Crippen LogP contribution in [0, 0.1) is 0 Å². The molecule has 0 atom stereocenters. The fourth-order valence-electron chi connectivity index (χ4n) is 1.86. The smallest absolute Gasteiger partial charge is 0.303 e. The SMILES string of the molecule is CCCCCCCCCCCCCSOO.O=P(O)(O)O.O=P(O)(O)O. The van der Waals surface area contributed by atoms with Crippen LogP contribution in [0.2, 0.25) is 0 Å². The molecule has 10 nitrogen and oxygen atoms in total. The molecule has 0 aromatic rings. The predicted molar refractivity (Wildman–Crippen MR) is 101 cm³/mol. The molecule has 0 spiro atoms. The first-order valence-corrected chi connectivity index (χ1v) is 12.5. The Hall–Kier alpha value is 0.490. The number of phosphoric acid groups is 2. The maximum Gasteiger partial charge on any atom is 0.466 e. The summed E-state index contributed by atoms with van der Waals surface area (Å²) >= 11 is 1.14. The lowest BCUT2D eigenvalue weighted by atomic mass is 10.1. The van der Waals surface area contributed by atoms with Gasteiger partial charge < -0.3 is 29.4 Å². The molecular weight excluding hydrogens is 410 g/mol. The summed E-state index contributed by atoms with van der Waals surface area (Å²) in [4.78, 5) is 43.1. The van der Waals surface area contributed by atoms with Gasteiger partial charge in [-0.2, -0.15) is 4.33 Å². The molecule has 0 aliphatic rings. The maximum absolute atomic E-state index is 8.88. The van der Waals surface area contributed by atoms with Gasteiger partial charge in [0.15, 0.2) is 0 Å². The summed E-state index contributed by atoms with van der Waals surface area (Å²) in [7, 11) is -9.28. The van der Waals surface area contributed by atoms with Crippen molar-refractivity contribution in [1.82, 2.24) is 0 Å². The number of hydrogen-bond donors (Lipinski definition) is 7. The van der Waals surface area contributed by atoms with Gasteiger partial charge in [-0.05, 0) is 6.42 Å². The standard InChI is InChI=1S/C13H28O2S.2H3O4P/c1-2-3-4-5-6-7-8-9-10-11-12-13-16-15-14;2*1-5(2,3)4/h14H,2-13H2,1H3;2*(H3,1,2,3,4). The van der Waals surface area contributed by atoms with E-state index in [4.69, 9.17) is 43.7 Å². The Morgan fingerprint density at radius 3 is 1.19 bits per heavy atom. The van der Waals surface area contributed by atoms with Crippen LogP contribution in [0.4, 0.5) is 0 Å². The minimum absolute atomic E-state index is 0.910. The highest BCUT2D eigenvalue weighted by Crippen LogP contribution is 2.26. The molecular formula is C13H34O10P2S. The van der Waals surface area contributed by atoms with E-state index in [1.165, 1.54) is 64.2 Å². The van der Waals surface area contributed by atoms with Gasteiger partial charge in [-0.1, -0.05) is 71.1 Å². The second-order valence-electron chi connectivity index (χ2n) is 5.46. The van der Waals surface area contributed by atoms with E-state index < -0.39 is 15.6 Å². The Bertz CT molecular complexity index is 310. The molecule has 0 aliphatic carbocycles. The van der Waals surface area contributed by atoms with Gasteiger partial charge in [-0.3, -0.25) is 0 Å².